The molecule has 1 aromatic rings. The Balaban J connectivity index is 2.31. The second-order valence-corrected chi connectivity index (χ2v) is 3.33. The van der Waals surface area contributed by atoms with E-state index in [4.69, 9.17) is 4.74 Å². The molecular weight excluding hydrogens is 183 g/mol. The number of halogens is 1. The molecule has 0 spiro atoms. The third-order valence-electron chi connectivity index (χ3n) is 2.39. The Labute approximate surface area is 82.3 Å². The number of ether oxygens (including phenoxy) is 1. The van der Waals surface area contributed by atoms with Crippen LogP contribution in [0.2, 0.25) is 0 Å². The zero-order valence-electron chi connectivity index (χ0n) is 8.09. The van der Waals surface area contributed by atoms with E-state index in [0.717, 1.165) is 18.7 Å². The molecule has 0 atom stereocenters. The lowest BCUT2D eigenvalue weighted by atomic mass is 9.94. The van der Waals surface area contributed by atoms with Crippen molar-refractivity contribution in [1.82, 2.24) is 10.3 Å². The number of hydrogen-bond donors (Lipinski definition) is 1. The molecule has 1 aliphatic rings. The summed E-state index contributed by atoms with van der Waals surface area (Å²) in [6.07, 6.45) is 2.89. The monoisotopic (exact) mass is 196 g/mol. The lowest BCUT2D eigenvalue weighted by molar-refractivity contribution is 0.308. The summed E-state index contributed by atoms with van der Waals surface area (Å²) in [5.74, 6) is 0.352. The zero-order chi connectivity index (χ0) is 9.97. The average Bonchev–Trinajstić information content (AvgIpc) is 2.08. The van der Waals surface area contributed by atoms with Crippen molar-refractivity contribution in [3.8, 4) is 5.75 Å². The number of aromatic nitrogens is 1. The Morgan fingerprint density at radius 2 is 2.36 bits per heavy atom. The summed E-state index contributed by atoms with van der Waals surface area (Å²) in [5, 5.41) is 3.14. The average molecular weight is 196 g/mol. The number of rotatable bonds is 3. The largest absolute Gasteiger partial charge is 0.490 e. The number of pyridine rings is 1. The molecule has 1 saturated heterocycles. The van der Waals surface area contributed by atoms with Crippen LogP contribution in [0.15, 0.2) is 12.4 Å². The van der Waals surface area contributed by atoms with Gasteiger partial charge in [-0.15, -0.1) is 0 Å². The fourth-order valence-corrected chi connectivity index (χ4v) is 1.53. The predicted octanol–water partition coefficient (Wildman–Crippen LogP) is 1.31. The summed E-state index contributed by atoms with van der Waals surface area (Å²) in [6.45, 7) is 4.09. The van der Waals surface area contributed by atoms with Gasteiger partial charge in [0.05, 0.1) is 12.8 Å². The Bertz CT molecular complexity index is 326. The van der Waals surface area contributed by atoms with Gasteiger partial charge in [0, 0.05) is 30.8 Å². The standard InChI is InChI=1S/C10H13FN2O/c1-2-14-10-8(7-3-12-4-7)5-13-6-9(10)11/h5-7,12H,2-4H2,1H3. The molecule has 1 aliphatic heterocycles. The molecule has 2 rings (SSSR count). The molecular formula is C10H13FN2O. The third-order valence-corrected chi connectivity index (χ3v) is 2.39. The van der Waals surface area contributed by atoms with E-state index in [1.54, 1.807) is 6.20 Å². The minimum atomic E-state index is -0.365. The van der Waals surface area contributed by atoms with E-state index < -0.39 is 0 Å². The Kier molecular flexibility index (Phi) is 2.63. The quantitative estimate of drug-likeness (QED) is 0.791. The van der Waals surface area contributed by atoms with Gasteiger partial charge in [0.25, 0.3) is 0 Å². The van der Waals surface area contributed by atoms with Crippen molar-refractivity contribution in [2.45, 2.75) is 12.8 Å². The van der Waals surface area contributed by atoms with Crippen LogP contribution in [-0.2, 0) is 0 Å². The number of nitrogens with one attached hydrogen (secondary N) is 1. The van der Waals surface area contributed by atoms with E-state index >= 15 is 0 Å². The van der Waals surface area contributed by atoms with Gasteiger partial charge >= 0.3 is 0 Å². The molecule has 1 fully saturated rings. The fraction of sp³-hybridized carbons (Fsp3) is 0.500. The second kappa shape index (κ2) is 3.92. The van der Waals surface area contributed by atoms with Crippen LogP contribution in [0, 0.1) is 5.82 Å². The predicted molar refractivity (Wildman–Crippen MR) is 51.0 cm³/mol. The summed E-state index contributed by atoms with van der Waals surface area (Å²) in [7, 11) is 0. The van der Waals surface area contributed by atoms with Crippen molar-refractivity contribution in [1.29, 1.82) is 0 Å². The molecule has 14 heavy (non-hydrogen) atoms. The molecule has 0 bridgehead atoms. The molecule has 0 radical (unpaired) electrons. The van der Waals surface area contributed by atoms with Crippen molar-refractivity contribution in [2.75, 3.05) is 19.7 Å². The van der Waals surface area contributed by atoms with E-state index in [1.165, 1.54) is 6.20 Å². The van der Waals surface area contributed by atoms with Crippen LogP contribution in [0.4, 0.5) is 4.39 Å². The molecule has 0 aromatic carbocycles. The van der Waals surface area contributed by atoms with E-state index in [1.807, 2.05) is 6.92 Å². The lowest BCUT2D eigenvalue weighted by Gasteiger charge is -2.28. The minimum Gasteiger partial charge on any atom is -0.490 e. The van der Waals surface area contributed by atoms with Gasteiger partial charge in [-0.1, -0.05) is 0 Å². The Hall–Kier alpha value is -1.16. The second-order valence-electron chi connectivity index (χ2n) is 3.33. The zero-order valence-corrected chi connectivity index (χ0v) is 8.09. The maximum atomic E-state index is 13.3. The highest BCUT2D eigenvalue weighted by atomic mass is 19.1. The van der Waals surface area contributed by atoms with Crippen molar-refractivity contribution < 1.29 is 9.13 Å². The highest BCUT2D eigenvalue weighted by molar-refractivity contribution is 5.36. The Morgan fingerprint density at radius 3 is 2.93 bits per heavy atom. The van der Waals surface area contributed by atoms with Gasteiger partial charge < -0.3 is 10.1 Å². The molecule has 0 unspecified atom stereocenters. The van der Waals surface area contributed by atoms with Gasteiger partial charge in [0.15, 0.2) is 11.6 Å². The first-order chi connectivity index (χ1) is 6.83. The van der Waals surface area contributed by atoms with Crippen LogP contribution >= 0.6 is 0 Å². The first-order valence-corrected chi connectivity index (χ1v) is 4.79. The van der Waals surface area contributed by atoms with Gasteiger partial charge in [-0.3, -0.25) is 4.98 Å². The molecule has 2 heterocycles. The smallest absolute Gasteiger partial charge is 0.183 e. The summed E-state index contributed by atoms with van der Waals surface area (Å²) in [4.78, 5) is 3.85. The Morgan fingerprint density at radius 1 is 1.57 bits per heavy atom. The number of nitrogens with zero attached hydrogens (tertiary/aromatic N) is 1. The van der Waals surface area contributed by atoms with Crippen LogP contribution < -0.4 is 10.1 Å². The fourth-order valence-electron chi connectivity index (χ4n) is 1.53. The first-order valence-electron chi connectivity index (χ1n) is 4.79. The summed E-state index contributed by atoms with van der Waals surface area (Å²) < 4.78 is 18.6. The molecule has 0 aliphatic carbocycles. The van der Waals surface area contributed by atoms with Gasteiger partial charge in [-0.25, -0.2) is 4.39 Å². The van der Waals surface area contributed by atoms with E-state index in [0.29, 0.717) is 18.3 Å². The molecule has 1 aromatic heterocycles. The maximum Gasteiger partial charge on any atom is 0.183 e. The molecule has 3 nitrogen and oxygen atoms in total. The third kappa shape index (κ3) is 1.57. The van der Waals surface area contributed by atoms with Crippen LogP contribution in [-0.4, -0.2) is 24.7 Å². The van der Waals surface area contributed by atoms with Crippen molar-refractivity contribution in [3.63, 3.8) is 0 Å². The van der Waals surface area contributed by atoms with Crippen LogP contribution in [0.5, 0.6) is 5.75 Å². The molecule has 4 heteroatoms. The highest BCUT2D eigenvalue weighted by Crippen LogP contribution is 2.30. The van der Waals surface area contributed by atoms with E-state index in [2.05, 4.69) is 10.3 Å². The minimum absolute atomic E-state index is 0.347. The highest BCUT2D eigenvalue weighted by Gasteiger charge is 2.24. The van der Waals surface area contributed by atoms with Crippen molar-refractivity contribution in [2.24, 2.45) is 0 Å². The van der Waals surface area contributed by atoms with Gasteiger partial charge in [0.2, 0.25) is 0 Å². The normalized spacial score (nSPS) is 16.4. The van der Waals surface area contributed by atoms with Crippen LogP contribution in [0.1, 0.15) is 18.4 Å². The molecule has 0 saturated carbocycles. The SMILES string of the molecule is CCOc1c(F)cncc1C1CNC1. The van der Waals surface area contributed by atoms with E-state index in [9.17, 15) is 4.39 Å². The first kappa shape index (κ1) is 9.40. The molecule has 1 N–H and O–H groups in total. The van der Waals surface area contributed by atoms with Crippen molar-refractivity contribution >= 4 is 0 Å². The van der Waals surface area contributed by atoms with Gasteiger partial charge in [-0.2, -0.15) is 0 Å². The summed E-state index contributed by atoms with van der Waals surface area (Å²) in [5.41, 5.74) is 0.880. The molecule has 76 valence electrons. The lowest BCUT2D eigenvalue weighted by Crippen LogP contribution is -2.40. The van der Waals surface area contributed by atoms with Gasteiger partial charge in [-0.05, 0) is 6.92 Å². The summed E-state index contributed by atoms with van der Waals surface area (Å²) in [6, 6.07) is 0. The van der Waals surface area contributed by atoms with E-state index in [-0.39, 0.29) is 5.82 Å². The van der Waals surface area contributed by atoms with Crippen LogP contribution in [0.25, 0.3) is 0 Å². The molecule has 0 amide bonds. The van der Waals surface area contributed by atoms with Crippen LogP contribution in [0.3, 0.4) is 0 Å². The van der Waals surface area contributed by atoms with Gasteiger partial charge in [0.1, 0.15) is 0 Å². The maximum absolute atomic E-state index is 13.3. The number of hydrogen-bond acceptors (Lipinski definition) is 3. The topological polar surface area (TPSA) is 34.1 Å². The summed E-state index contributed by atoms with van der Waals surface area (Å²) >= 11 is 0. The van der Waals surface area contributed by atoms with Crippen molar-refractivity contribution in [3.05, 3.63) is 23.8 Å².